The lowest BCUT2D eigenvalue weighted by atomic mass is 10.0. The number of rotatable bonds is 11. The first-order valence-corrected chi connectivity index (χ1v) is 13.8. The van der Waals surface area contributed by atoms with Crippen molar-refractivity contribution in [3.8, 4) is 11.1 Å². The summed E-state index contributed by atoms with van der Waals surface area (Å²) < 4.78 is 31.8. The second kappa shape index (κ2) is 10.7. The van der Waals surface area contributed by atoms with Crippen molar-refractivity contribution in [2.75, 3.05) is 26.0 Å². The van der Waals surface area contributed by atoms with Crippen LogP contribution in [0.4, 0.5) is 0 Å². The molecule has 4 N–H and O–H groups in total. The minimum Gasteiger partial charge on any atom is -0.384 e. The number of nitrogens with two attached hydrogens (primary N) is 1. The number of benzene rings is 2. The average Bonchev–Trinajstić information content (AvgIpc) is 3.56. The summed E-state index contributed by atoms with van der Waals surface area (Å²) >= 11 is 1.10. The molecule has 1 aromatic heterocycles. The van der Waals surface area contributed by atoms with Gasteiger partial charge >= 0.3 is 0 Å². The van der Waals surface area contributed by atoms with Crippen LogP contribution in [0.1, 0.15) is 33.5 Å². The minimum atomic E-state index is -3.98. The van der Waals surface area contributed by atoms with Gasteiger partial charge < -0.3 is 21.1 Å². The lowest BCUT2D eigenvalue weighted by molar-refractivity contribution is -0.126. The van der Waals surface area contributed by atoms with Crippen molar-refractivity contribution in [2.24, 2.45) is 5.73 Å². The maximum absolute atomic E-state index is 13.1. The van der Waals surface area contributed by atoms with E-state index < -0.39 is 26.9 Å². The van der Waals surface area contributed by atoms with Gasteiger partial charge in [0, 0.05) is 18.7 Å². The third-order valence-electron chi connectivity index (χ3n) is 5.67. The van der Waals surface area contributed by atoms with E-state index in [0.29, 0.717) is 15.8 Å². The second-order valence-corrected chi connectivity index (χ2v) is 11.7. The number of ether oxygens (including phenoxy) is 1. The number of carbonyl (C=O) groups is 3. The number of nitrogens with zero attached hydrogens (tertiary/aromatic N) is 1. The van der Waals surface area contributed by atoms with Gasteiger partial charge in [0.15, 0.2) is 15.1 Å². The van der Waals surface area contributed by atoms with E-state index in [2.05, 4.69) is 15.6 Å². The van der Waals surface area contributed by atoms with Crippen LogP contribution in [0.3, 0.4) is 0 Å². The molecule has 1 fully saturated rings. The predicted molar refractivity (Wildman–Crippen MR) is 136 cm³/mol. The maximum Gasteiger partial charge on any atom is 0.248 e. The van der Waals surface area contributed by atoms with Crippen LogP contribution in [0.5, 0.6) is 0 Å². The Balaban J connectivity index is 1.62. The standard InChI is InChI=1S/C24H26N4O6S2/c1-34-10-11-36(32,33)21(23(31)26-13-20(29)27-17-7-8-17)24-28-18-9-6-16(12-19(18)35-24)14-2-4-15(5-3-14)22(25)30/h2-6,9,12,17,21H,7-8,10-11,13H2,1H3,(H2,25,30)(H,26,31)(H,27,29). The second-order valence-electron chi connectivity index (χ2n) is 8.48. The summed E-state index contributed by atoms with van der Waals surface area (Å²) in [6.45, 7) is -0.396. The Morgan fingerprint density at radius 1 is 1.14 bits per heavy atom. The van der Waals surface area contributed by atoms with Crippen molar-refractivity contribution in [2.45, 2.75) is 24.1 Å². The number of carbonyl (C=O) groups excluding carboxylic acids is 3. The lowest BCUT2D eigenvalue weighted by Gasteiger charge is -2.15. The van der Waals surface area contributed by atoms with E-state index in [4.69, 9.17) is 10.5 Å². The average molecular weight is 531 g/mol. The van der Waals surface area contributed by atoms with Crippen molar-refractivity contribution >= 4 is 49.1 Å². The fourth-order valence-electron chi connectivity index (χ4n) is 3.57. The summed E-state index contributed by atoms with van der Waals surface area (Å²) in [7, 11) is -2.61. The molecule has 1 aliphatic carbocycles. The smallest absolute Gasteiger partial charge is 0.248 e. The molecule has 1 heterocycles. The summed E-state index contributed by atoms with van der Waals surface area (Å²) in [6.07, 6.45) is 1.80. The molecule has 3 amide bonds. The van der Waals surface area contributed by atoms with Crippen molar-refractivity contribution in [1.82, 2.24) is 15.6 Å². The normalized spacial score (nSPS) is 14.4. The summed E-state index contributed by atoms with van der Waals surface area (Å²) in [5.74, 6) is -2.06. The van der Waals surface area contributed by atoms with Gasteiger partial charge in [-0.1, -0.05) is 18.2 Å². The first kappa shape index (κ1) is 25.7. The van der Waals surface area contributed by atoms with Crippen LogP contribution in [0.2, 0.25) is 0 Å². The number of thiazole rings is 1. The Hall–Kier alpha value is -3.35. The van der Waals surface area contributed by atoms with Crippen LogP contribution in [-0.2, 0) is 24.2 Å². The Morgan fingerprint density at radius 2 is 1.83 bits per heavy atom. The molecule has 3 aromatic rings. The molecule has 0 radical (unpaired) electrons. The first-order chi connectivity index (χ1) is 17.2. The van der Waals surface area contributed by atoms with E-state index in [-0.39, 0.29) is 35.9 Å². The highest BCUT2D eigenvalue weighted by Crippen LogP contribution is 2.34. The molecule has 12 heteroatoms. The summed E-state index contributed by atoms with van der Waals surface area (Å²) in [5, 5.41) is 3.74. The number of sulfone groups is 1. The zero-order chi connectivity index (χ0) is 25.9. The highest BCUT2D eigenvalue weighted by Gasteiger charge is 2.37. The van der Waals surface area contributed by atoms with Crippen LogP contribution < -0.4 is 16.4 Å². The molecule has 1 saturated carbocycles. The van der Waals surface area contributed by atoms with Gasteiger partial charge in [0.05, 0.1) is 29.1 Å². The Morgan fingerprint density at radius 3 is 2.47 bits per heavy atom. The fraction of sp³-hybridized carbons (Fsp3) is 0.333. The predicted octanol–water partition coefficient (Wildman–Crippen LogP) is 1.56. The number of nitrogens with one attached hydrogen (secondary N) is 2. The van der Waals surface area contributed by atoms with Gasteiger partial charge in [0.25, 0.3) is 0 Å². The number of primary amides is 1. The minimum absolute atomic E-state index is 0.0787. The molecule has 0 aliphatic heterocycles. The zero-order valence-corrected chi connectivity index (χ0v) is 21.2. The van der Waals surface area contributed by atoms with Crippen LogP contribution >= 0.6 is 11.3 Å². The third-order valence-corrected chi connectivity index (χ3v) is 8.79. The van der Waals surface area contributed by atoms with Gasteiger partial charge in [-0.05, 0) is 48.2 Å². The van der Waals surface area contributed by atoms with E-state index in [9.17, 15) is 22.8 Å². The van der Waals surface area contributed by atoms with Crippen LogP contribution in [0, 0.1) is 0 Å². The van der Waals surface area contributed by atoms with E-state index in [0.717, 1.165) is 35.3 Å². The SMILES string of the molecule is COCCS(=O)(=O)C(C(=O)NCC(=O)NC1CC1)c1nc2ccc(-c3ccc(C(N)=O)cc3)cc2s1. The quantitative estimate of drug-likeness (QED) is 0.339. The van der Waals surface area contributed by atoms with Gasteiger partial charge in [-0.25, -0.2) is 13.4 Å². The Bertz CT molecular complexity index is 1400. The van der Waals surface area contributed by atoms with Crippen molar-refractivity contribution in [1.29, 1.82) is 0 Å². The molecular formula is C24H26N4O6S2. The number of hydrogen-bond donors (Lipinski definition) is 3. The Labute approximate surface area is 212 Å². The van der Waals surface area contributed by atoms with Crippen LogP contribution in [-0.4, -0.2) is 63.2 Å². The number of amides is 3. The molecule has 10 nitrogen and oxygen atoms in total. The van der Waals surface area contributed by atoms with Crippen molar-refractivity contribution < 1.29 is 27.5 Å². The lowest BCUT2D eigenvalue weighted by Crippen LogP contribution is -2.41. The van der Waals surface area contributed by atoms with Gasteiger partial charge in [-0.15, -0.1) is 11.3 Å². The summed E-state index contributed by atoms with van der Waals surface area (Å²) in [5.41, 5.74) is 7.89. The van der Waals surface area contributed by atoms with E-state index in [1.54, 1.807) is 30.3 Å². The molecule has 0 bridgehead atoms. The molecular weight excluding hydrogens is 504 g/mol. The van der Waals surface area contributed by atoms with Crippen LogP contribution in [0.25, 0.3) is 21.3 Å². The van der Waals surface area contributed by atoms with Crippen molar-refractivity contribution in [3.63, 3.8) is 0 Å². The van der Waals surface area contributed by atoms with E-state index in [1.165, 1.54) is 7.11 Å². The Kier molecular flexibility index (Phi) is 7.67. The number of methoxy groups -OCH3 is 1. The summed E-state index contributed by atoms with van der Waals surface area (Å²) in [4.78, 5) is 40.8. The molecule has 2 aromatic carbocycles. The zero-order valence-electron chi connectivity index (χ0n) is 19.5. The third kappa shape index (κ3) is 6.07. The van der Waals surface area contributed by atoms with Crippen LogP contribution in [0.15, 0.2) is 42.5 Å². The summed E-state index contributed by atoms with van der Waals surface area (Å²) in [6, 6.07) is 12.3. The maximum atomic E-state index is 13.1. The van der Waals surface area contributed by atoms with E-state index >= 15 is 0 Å². The topological polar surface area (TPSA) is 158 Å². The largest absolute Gasteiger partial charge is 0.384 e. The van der Waals surface area contributed by atoms with Gasteiger partial charge in [-0.3, -0.25) is 14.4 Å². The van der Waals surface area contributed by atoms with Gasteiger partial charge in [0.1, 0.15) is 5.01 Å². The monoisotopic (exact) mass is 530 g/mol. The molecule has 0 spiro atoms. The number of fused-ring (bicyclic) bond motifs is 1. The number of aromatic nitrogens is 1. The first-order valence-electron chi connectivity index (χ1n) is 11.3. The molecule has 190 valence electrons. The van der Waals surface area contributed by atoms with E-state index in [1.807, 2.05) is 12.1 Å². The number of hydrogen-bond acceptors (Lipinski definition) is 8. The fourth-order valence-corrected chi connectivity index (χ4v) is 6.55. The molecule has 4 rings (SSSR count). The molecule has 1 unspecified atom stereocenters. The highest BCUT2D eigenvalue weighted by molar-refractivity contribution is 7.92. The highest BCUT2D eigenvalue weighted by atomic mass is 32.2. The molecule has 36 heavy (non-hydrogen) atoms. The molecule has 1 aliphatic rings. The van der Waals surface area contributed by atoms with Gasteiger partial charge in [-0.2, -0.15) is 0 Å². The molecule has 0 saturated heterocycles. The molecule has 1 atom stereocenters. The van der Waals surface area contributed by atoms with Crippen molar-refractivity contribution in [3.05, 3.63) is 53.0 Å². The van der Waals surface area contributed by atoms with Gasteiger partial charge in [0.2, 0.25) is 17.7 Å².